The lowest BCUT2D eigenvalue weighted by atomic mass is 10.2. The van der Waals surface area contributed by atoms with Crippen molar-refractivity contribution in [3.05, 3.63) is 23.8 Å². The average Bonchev–Trinajstić information content (AvgIpc) is 2.34. The number of nitrogens with two attached hydrogens (primary N) is 1. The van der Waals surface area contributed by atoms with Crippen LogP contribution in [0.3, 0.4) is 0 Å². The molecule has 4 N–H and O–H groups in total. The van der Waals surface area contributed by atoms with Crippen molar-refractivity contribution in [3.8, 4) is 11.5 Å². The van der Waals surface area contributed by atoms with Gasteiger partial charge in [-0.25, -0.2) is 0 Å². The van der Waals surface area contributed by atoms with E-state index in [-0.39, 0.29) is 5.11 Å². The minimum Gasteiger partial charge on any atom is -0.497 e. The molecule has 6 nitrogen and oxygen atoms in total. The van der Waals surface area contributed by atoms with Gasteiger partial charge in [0.2, 0.25) is 0 Å². The van der Waals surface area contributed by atoms with E-state index in [0.29, 0.717) is 17.1 Å². The van der Waals surface area contributed by atoms with E-state index in [0.717, 1.165) is 0 Å². The van der Waals surface area contributed by atoms with Gasteiger partial charge in [0, 0.05) is 6.07 Å². The van der Waals surface area contributed by atoms with Gasteiger partial charge >= 0.3 is 0 Å². The van der Waals surface area contributed by atoms with Gasteiger partial charge in [0.25, 0.3) is 5.91 Å². The first-order valence-corrected chi connectivity index (χ1v) is 5.07. The molecule has 0 radical (unpaired) electrons. The number of thiocarbonyl (C=S) groups is 1. The molecule has 0 unspecified atom stereocenters. The van der Waals surface area contributed by atoms with E-state index in [2.05, 4.69) is 23.1 Å². The molecule has 1 aromatic rings. The third kappa shape index (κ3) is 3.49. The highest BCUT2D eigenvalue weighted by Crippen LogP contribution is 2.24. The number of carbonyl (C=O) groups is 1. The maximum atomic E-state index is 11.7. The summed E-state index contributed by atoms with van der Waals surface area (Å²) >= 11 is 4.57. The number of amides is 1. The van der Waals surface area contributed by atoms with Crippen molar-refractivity contribution in [3.63, 3.8) is 0 Å². The lowest BCUT2D eigenvalue weighted by Crippen LogP contribution is -2.44. The molecular formula is C10H13N3O3S. The Hall–Kier alpha value is -2.02. The standard InChI is InChI=1S/C10H13N3O3S/c1-15-6-3-4-7(8(5-6)16-2)9(14)12-13-10(11)17/h3-5H,1-2H3,(H,12,14)(H3,11,13,17). The van der Waals surface area contributed by atoms with Gasteiger partial charge in [0.15, 0.2) is 5.11 Å². The van der Waals surface area contributed by atoms with E-state index < -0.39 is 5.91 Å². The Kier molecular flexibility index (Phi) is 4.53. The van der Waals surface area contributed by atoms with Gasteiger partial charge in [-0.05, 0) is 24.4 Å². The second kappa shape index (κ2) is 5.90. The molecule has 0 saturated carbocycles. The normalized spacial score (nSPS) is 9.29. The van der Waals surface area contributed by atoms with Crippen molar-refractivity contribution in [2.75, 3.05) is 14.2 Å². The van der Waals surface area contributed by atoms with E-state index in [9.17, 15) is 4.79 Å². The summed E-state index contributed by atoms with van der Waals surface area (Å²) in [4.78, 5) is 11.7. The number of ether oxygens (including phenoxy) is 2. The predicted molar refractivity (Wildman–Crippen MR) is 66.9 cm³/mol. The first-order valence-electron chi connectivity index (χ1n) is 4.66. The predicted octanol–water partition coefficient (Wildman–Crippen LogP) is 0.182. The maximum Gasteiger partial charge on any atom is 0.273 e. The number of hydrazine groups is 1. The highest BCUT2D eigenvalue weighted by molar-refractivity contribution is 7.80. The Morgan fingerprint density at radius 2 is 2.00 bits per heavy atom. The van der Waals surface area contributed by atoms with Crippen LogP contribution in [0.1, 0.15) is 10.4 Å². The van der Waals surface area contributed by atoms with Gasteiger partial charge in [-0.15, -0.1) is 0 Å². The summed E-state index contributed by atoms with van der Waals surface area (Å²) in [5.74, 6) is 0.588. The summed E-state index contributed by atoms with van der Waals surface area (Å²) in [7, 11) is 3.00. The molecule has 0 saturated heterocycles. The molecule has 1 aromatic carbocycles. The maximum absolute atomic E-state index is 11.7. The summed E-state index contributed by atoms with van der Waals surface area (Å²) in [6.45, 7) is 0. The summed E-state index contributed by atoms with van der Waals surface area (Å²) < 4.78 is 10.1. The Balaban J connectivity index is 2.89. The number of nitrogens with one attached hydrogen (secondary N) is 2. The highest BCUT2D eigenvalue weighted by Gasteiger charge is 2.12. The van der Waals surface area contributed by atoms with Crippen molar-refractivity contribution < 1.29 is 14.3 Å². The van der Waals surface area contributed by atoms with E-state index in [1.54, 1.807) is 18.2 Å². The highest BCUT2D eigenvalue weighted by atomic mass is 32.1. The fourth-order valence-electron chi connectivity index (χ4n) is 1.17. The second-order valence-electron chi connectivity index (χ2n) is 3.01. The van der Waals surface area contributed by atoms with Crippen LogP contribution in [0, 0.1) is 0 Å². The minimum absolute atomic E-state index is 0.0224. The van der Waals surface area contributed by atoms with Gasteiger partial charge in [-0.3, -0.25) is 15.6 Å². The van der Waals surface area contributed by atoms with Crippen molar-refractivity contribution >= 4 is 23.2 Å². The van der Waals surface area contributed by atoms with Crippen LogP contribution in [-0.2, 0) is 0 Å². The number of hydrogen-bond acceptors (Lipinski definition) is 4. The molecule has 17 heavy (non-hydrogen) atoms. The molecule has 0 bridgehead atoms. The van der Waals surface area contributed by atoms with Gasteiger partial charge in [0.05, 0.1) is 19.8 Å². The Labute approximate surface area is 104 Å². The molecule has 1 rings (SSSR count). The van der Waals surface area contributed by atoms with E-state index in [4.69, 9.17) is 15.2 Å². The molecule has 0 fully saturated rings. The first-order chi connectivity index (χ1) is 8.08. The Morgan fingerprint density at radius 1 is 1.29 bits per heavy atom. The van der Waals surface area contributed by atoms with Crippen LogP contribution in [0.2, 0.25) is 0 Å². The van der Waals surface area contributed by atoms with Crippen LogP contribution in [0.4, 0.5) is 0 Å². The molecule has 0 aliphatic carbocycles. The Bertz CT molecular complexity index is 437. The van der Waals surface area contributed by atoms with Gasteiger partial charge in [-0.1, -0.05) is 0 Å². The van der Waals surface area contributed by atoms with Crippen molar-refractivity contribution in [1.29, 1.82) is 0 Å². The molecule has 1 amide bonds. The number of methoxy groups -OCH3 is 2. The average molecular weight is 255 g/mol. The van der Waals surface area contributed by atoms with Crippen LogP contribution in [-0.4, -0.2) is 25.2 Å². The van der Waals surface area contributed by atoms with Gasteiger partial charge in [0.1, 0.15) is 11.5 Å². The zero-order valence-electron chi connectivity index (χ0n) is 9.44. The number of hydrogen-bond donors (Lipinski definition) is 3. The molecular weight excluding hydrogens is 242 g/mol. The quantitative estimate of drug-likeness (QED) is 0.528. The monoisotopic (exact) mass is 255 g/mol. The molecule has 92 valence electrons. The van der Waals surface area contributed by atoms with Gasteiger partial charge < -0.3 is 15.2 Å². The molecule has 0 aromatic heterocycles. The number of rotatable bonds is 3. The van der Waals surface area contributed by atoms with E-state index in [1.165, 1.54) is 14.2 Å². The zero-order valence-corrected chi connectivity index (χ0v) is 10.3. The molecule has 0 spiro atoms. The smallest absolute Gasteiger partial charge is 0.273 e. The number of benzene rings is 1. The fourth-order valence-corrected chi connectivity index (χ4v) is 1.22. The summed E-state index contributed by atoms with van der Waals surface area (Å²) in [6, 6.07) is 4.84. The first kappa shape index (κ1) is 13.0. The summed E-state index contributed by atoms with van der Waals surface area (Å²) in [5, 5.41) is -0.0224. The van der Waals surface area contributed by atoms with Crippen LogP contribution < -0.4 is 26.1 Å². The third-order valence-corrected chi connectivity index (χ3v) is 2.05. The Morgan fingerprint density at radius 3 is 2.53 bits per heavy atom. The second-order valence-corrected chi connectivity index (χ2v) is 3.45. The molecule has 0 atom stereocenters. The molecule has 0 heterocycles. The lowest BCUT2D eigenvalue weighted by Gasteiger charge is -2.11. The van der Waals surface area contributed by atoms with Crippen LogP contribution in [0.25, 0.3) is 0 Å². The van der Waals surface area contributed by atoms with Crippen LogP contribution >= 0.6 is 12.2 Å². The fraction of sp³-hybridized carbons (Fsp3) is 0.200. The zero-order chi connectivity index (χ0) is 12.8. The van der Waals surface area contributed by atoms with E-state index in [1.807, 2.05) is 0 Å². The molecule has 0 aliphatic rings. The summed E-state index contributed by atoms with van der Waals surface area (Å²) in [6.07, 6.45) is 0. The summed E-state index contributed by atoms with van der Waals surface area (Å²) in [5.41, 5.74) is 10.2. The minimum atomic E-state index is -0.405. The van der Waals surface area contributed by atoms with E-state index >= 15 is 0 Å². The van der Waals surface area contributed by atoms with Crippen molar-refractivity contribution in [2.24, 2.45) is 5.73 Å². The largest absolute Gasteiger partial charge is 0.497 e. The molecule has 0 aliphatic heterocycles. The lowest BCUT2D eigenvalue weighted by molar-refractivity contribution is 0.0941. The number of carbonyl (C=O) groups excluding carboxylic acids is 1. The van der Waals surface area contributed by atoms with Crippen molar-refractivity contribution in [1.82, 2.24) is 10.9 Å². The van der Waals surface area contributed by atoms with Crippen LogP contribution in [0.15, 0.2) is 18.2 Å². The van der Waals surface area contributed by atoms with Gasteiger partial charge in [-0.2, -0.15) is 0 Å². The third-order valence-electron chi connectivity index (χ3n) is 1.95. The van der Waals surface area contributed by atoms with Crippen LogP contribution in [0.5, 0.6) is 11.5 Å². The topological polar surface area (TPSA) is 85.6 Å². The van der Waals surface area contributed by atoms with Crippen molar-refractivity contribution in [2.45, 2.75) is 0 Å². The molecule has 7 heteroatoms. The SMILES string of the molecule is COc1ccc(C(=O)NNC(N)=S)c(OC)c1.